The summed E-state index contributed by atoms with van der Waals surface area (Å²) >= 11 is 1.83. The average molecular weight is 883 g/mol. The van der Waals surface area contributed by atoms with Gasteiger partial charge in [-0.25, -0.2) is 10.3 Å². The molecule has 7 atom stereocenters. The van der Waals surface area contributed by atoms with Gasteiger partial charge in [0.05, 0.1) is 31.8 Å². The van der Waals surface area contributed by atoms with Gasteiger partial charge in [-0.1, -0.05) is 46.0 Å². The predicted octanol–water partition coefficient (Wildman–Crippen LogP) is -1.70. The average Bonchev–Trinajstić information content (AvgIpc) is 3.96. The molecule has 0 aromatic heterocycles. The van der Waals surface area contributed by atoms with Gasteiger partial charge in [-0.15, -0.1) is 0 Å². The maximum absolute atomic E-state index is 13.2. The number of primary amides is 1. The molecule has 1 saturated carbocycles. The Morgan fingerprint density at radius 2 is 1.49 bits per heavy atom. The van der Waals surface area contributed by atoms with Crippen molar-refractivity contribution in [2.24, 2.45) is 23.5 Å². The Hall–Kier alpha value is -4.70. The maximum Gasteiger partial charge on any atom is 0.315 e. The lowest BCUT2D eigenvalue weighted by Gasteiger charge is -2.25. The van der Waals surface area contributed by atoms with Crippen LogP contribution in [-0.2, 0) is 38.4 Å². The van der Waals surface area contributed by atoms with Gasteiger partial charge in [-0.3, -0.25) is 43.6 Å². The van der Waals surface area contributed by atoms with E-state index >= 15 is 0 Å². The van der Waals surface area contributed by atoms with E-state index in [4.69, 9.17) is 10.9 Å². The number of nitrogens with two attached hydrogens (primary N) is 1. The number of aliphatic hydroxyl groups is 1. The fraction of sp³-hybridized carbons (Fsp3) is 0.769. The third-order valence-electron chi connectivity index (χ3n) is 11.0. The summed E-state index contributed by atoms with van der Waals surface area (Å²) in [7, 11) is 0. The molecule has 0 bridgehead atoms. The normalized spacial score (nSPS) is 20.2. The minimum atomic E-state index is -1.45. The van der Waals surface area contributed by atoms with E-state index < -0.39 is 85.1 Å². The Labute approximate surface area is 360 Å². The van der Waals surface area contributed by atoms with Crippen LogP contribution in [0.1, 0.15) is 104 Å². The topological polar surface area (TPSA) is 328 Å². The first-order valence-corrected chi connectivity index (χ1v) is 22.4. The van der Waals surface area contributed by atoms with Crippen LogP contribution in [0.25, 0.3) is 0 Å². The van der Waals surface area contributed by atoms with E-state index in [1.54, 1.807) is 13.8 Å². The molecule has 0 radical (unpaired) electrons. The standard InChI is InChI=1S/C39H66N10O11S/c1-22(2)15-26(45-38(58)27(20-50)46-36(56)24(17-31(52)49-60)16-23-9-3-4-10-23)37(57)43-18-32(53)42-19-33(54)44-25(35(40)55)11-7-8-14-41-30(51)13-6-5-12-29-34-28(21-61-29)47-39(59)48-34/h22-29,34,50,60H,3-21H2,1-2H3,(H2,40,55)(H,41,51)(H,42,53)(H,43,57)(H,44,54)(H,45,58)(H,46,56)(H,49,52)(H2,47,48,59)/t24?,25-,26-,27-,28-,29-,34-/m0/s1. The highest BCUT2D eigenvalue weighted by molar-refractivity contribution is 8.00. The van der Waals surface area contributed by atoms with Gasteiger partial charge in [0.2, 0.25) is 47.3 Å². The smallest absolute Gasteiger partial charge is 0.315 e. The van der Waals surface area contributed by atoms with Gasteiger partial charge >= 0.3 is 6.03 Å². The van der Waals surface area contributed by atoms with Gasteiger partial charge < -0.3 is 53.4 Å². The van der Waals surface area contributed by atoms with Gasteiger partial charge in [-0.05, 0) is 56.8 Å². The fourth-order valence-electron chi connectivity index (χ4n) is 7.79. The molecule has 22 heteroatoms. The van der Waals surface area contributed by atoms with Crippen LogP contribution in [0.3, 0.4) is 0 Å². The van der Waals surface area contributed by atoms with Crippen LogP contribution in [0, 0.1) is 17.8 Å². The molecule has 61 heavy (non-hydrogen) atoms. The molecule has 10 amide bonds. The van der Waals surface area contributed by atoms with Crippen LogP contribution >= 0.6 is 11.8 Å². The van der Waals surface area contributed by atoms with E-state index in [2.05, 4.69) is 42.5 Å². The molecule has 3 aliphatic rings. The Bertz CT molecular complexity index is 1530. The van der Waals surface area contributed by atoms with E-state index in [1.807, 2.05) is 11.8 Å². The molecule has 2 aliphatic heterocycles. The van der Waals surface area contributed by atoms with Crippen molar-refractivity contribution < 1.29 is 53.5 Å². The molecule has 3 fully saturated rings. The van der Waals surface area contributed by atoms with Crippen molar-refractivity contribution in [1.82, 2.24) is 48.0 Å². The monoisotopic (exact) mass is 882 g/mol. The molecule has 1 unspecified atom stereocenters. The SMILES string of the molecule is CC(C)C[C@H](NC(=O)[C@H](CO)NC(=O)C(CC(=O)NO)CC1CCCC1)C(=O)NCC(=O)NCC(=O)N[C@@H](CCCCNC(=O)CCCC[C@@H]1SC[C@@H]2NC(=O)N[C@@H]21)C(N)=O. The highest BCUT2D eigenvalue weighted by Crippen LogP contribution is 2.33. The zero-order valence-electron chi connectivity index (χ0n) is 35.2. The lowest BCUT2D eigenvalue weighted by molar-refractivity contribution is -0.137. The lowest BCUT2D eigenvalue weighted by Crippen LogP contribution is -2.56. The van der Waals surface area contributed by atoms with Crippen LogP contribution in [0.15, 0.2) is 0 Å². The second-order valence-corrected chi connectivity index (χ2v) is 17.8. The molecule has 0 aromatic rings. The first-order chi connectivity index (χ1) is 29.1. The summed E-state index contributed by atoms with van der Waals surface area (Å²) in [6, 6.07) is -3.45. The van der Waals surface area contributed by atoms with E-state index in [0.29, 0.717) is 37.5 Å². The molecule has 344 valence electrons. The molecule has 3 rings (SSSR count). The molecule has 21 nitrogen and oxygen atoms in total. The second-order valence-electron chi connectivity index (χ2n) is 16.5. The number of hydrogen-bond donors (Lipinski definition) is 12. The third kappa shape index (κ3) is 18.4. The minimum absolute atomic E-state index is 0.0803. The molecule has 2 heterocycles. The van der Waals surface area contributed by atoms with E-state index in [1.165, 1.54) is 5.48 Å². The van der Waals surface area contributed by atoms with Crippen LogP contribution in [0.4, 0.5) is 4.79 Å². The summed E-state index contributed by atoms with van der Waals surface area (Å²) < 4.78 is 0. The summed E-state index contributed by atoms with van der Waals surface area (Å²) in [6.45, 7) is 2.09. The Balaban J connectivity index is 1.33. The van der Waals surface area contributed by atoms with E-state index in [-0.39, 0.29) is 55.1 Å². The number of nitrogens with one attached hydrogen (secondary N) is 9. The number of carbonyl (C=O) groups is 9. The number of aliphatic hydroxyl groups excluding tert-OH is 1. The van der Waals surface area contributed by atoms with Crippen molar-refractivity contribution in [3.63, 3.8) is 0 Å². The van der Waals surface area contributed by atoms with Gasteiger partial charge in [0.25, 0.3) is 0 Å². The number of hydrogen-bond acceptors (Lipinski definition) is 12. The summed E-state index contributed by atoms with van der Waals surface area (Å²) in [5.41, 5.74) is 7.00. The first-order valence-electron chi connectivity index (χ1n) is 21.3. The van der Waals surface area contributed by atoms with Gasteiger partial charge in [-0.2, -0.15) is 11.8 Å². The third-order valence-corrected chi connectivity index (χ3v) is 12.6. The molecule has 1 aliphatic carbocycles. The molecule has 13 N–H and O–H groups in total. The fourth-order valence-corrected chi connectivity index (χ4v) is 9.33. The number of carbonyl (C=O) groups excluding carboxylic acids is 9. The summed E-state index contributed by atoms with van der Waals surface area (Å²) in [6.07, 6.45) is 8.06. The van der Waals surface area contributed by atoms with Crippen molar-refractivity contribution in [3.05, 3.63) is 0 Å². The van der Waals surface area contributed by atoms with E-state index in [0.717, 1.165) is 50.7 Å². The van der Waals surface area contributed by atoms with Gasteiger partial charge in [0.15, 0.2) is 0 Å². The number of amides is 10. The molecule has 0 spiro atoms. The van der Waals surface area contributed by atoms with Crippen LogP contribution in [0.5, 0.6) is 0 Å². The largest absolute Gasteiger partial charge is 0.394 e. The highest BCUT2D eigenvalue weighted by atomic mass is 32.2. The van der Waals surface area contributed by atoms with Crippen LogP contribution in [0.2, 0.25) is 0 Å². The van der Waals surface area contributed by atoms with Gasteiger partial charge in [0.1, 0.15) is 18.1 Å². The second kappa shape index (κ2) is 26.6. The van der Waals surface area contributed by atoms with Crippen molar-refractivity contribution in [2.45, 2.75) is 139 Å². The van der Waals surface area contributed by atoms with Crippen LogP contribution in [-0.4, -0.2) is 131 Å². The Morgan fingerprint density at radius 1 is 0.787 bits per heavy atom. The zero-order valence-corrected chi connectivity index (χ0v) is 36.0. The molecular weight excluding hydrogens is 817 g/mol. The van der Waals surface area contributed by atoms with Crippen molar-refractivity contribution in [1.29, 1.82) is 0 Å². The highest BCUT2D eigenvalue weighted by Gasteiger charge is 2.42. The number of thioether (sulfide) groups is 1. The lowest BCUT2D eigenvalue weighted by atomic mass is 9.89. The molecular formula is C39H66N10O11S. The Morgan fingerprint density at radius 3 is 2.16 bits per heavy atom. The summed E-state index contributed by atoms with van der Waals surface area (Å²) in [5.74, 6) is -5.18. The number of unbranched alkanes of at least 4 members (excludes halogenated alkanes) is 2. The molecule has 0 aromatic carbocycles. The van der Waals surface area contributed by atoms with Crippen LogP contribution < -0.4 is 53.7 Å². The number of fused-ring (bicyclic) bond motifs is 1. The van der Waals surface area contributed by atoms with Gasteiger partial charge in [0, 0.05) is 36.3 Å². The molecule has 2 saturated heterocycles. The number of urea groups is 1. The first kappa shape index (κ1) is 50.7. The predicted molar refractivity (Wildman–Crippen MR) is 223 cm³/mol. The van der Waals surface area contributed by atoms with Crippen molar-refractivity contribution in [2.75, 3.05) is 32.0 Å². The summed E-state index contributed by atoms with van der Waals surface area (Å²) in [5, 5.41) is 40.2. The maximum atomic E-state index is 13.2. The van der Waals surface area contributed by atoms with Crippen molar-refractivity contribution >= 4 is 65.1 Å². The summed E-state index contributed by atoms with van der Waals surface area (Å²) in [4.78, 5) is 112. The Kier molecular flexibility index (Phi) is 22.1. The van der Waals surface area contributed by atoms with Crippen molar-refractivity contribution in [3.8, 4) is 0 Å². The zero-order chi connectivity index (χ0) is 44.9. The minimum Gasteiger partial charge on any atom is -0.394 e. The van der Waals surface area contributed by atoms with E-state index in [9.17, 15) is 48.3 Å². The quantitative estimate of drug-likeness (QED) is 0.0181. The number of hydroxylamine groups is 1. The number of rotatable bonds is 28.